The van der Waals surface area contributed by atoms with E-state index in [4.69, 9.17) is 19.6 Å². The number of ether oxygens (including phenoxy) is 1. The van der Waals surface area contributed by atoms with Crippen LogP contribution in [-0.4, -0.2) is 90.2 Å². The van der Waals surface area contributed by atoms with Crippen molar-refractivity contribution in [1.82, 2.24) is 0 Å². The Bertz CT molecular complexity index is 345. The predicted octanol–water partition coefficient (Wildman–Crippen LogP) is 5.36. The predicted molar refractivity (Wildman–Crippen MR) is 148 cm³/mol. The Morgan fingerprint density at radius 2 is 1.38 bits per heavy atom. The van der Waals surface area contributed by atoms with Crippen molar-refractivity contribution in [3.8, 4) is 0 Å². The third-order valence-corrected chi connectivity index (χ3v) is 12.5. The van der Waals surface area contributed by atoms with Gasteiger partial charge in [-0.05, 0) is 6.26 Å². The number of thioether (sulfide) groups is 9. The number of hydrogen-bond acceptors (Lipinski definition) is 14. The van der Waals surface area contributed by atoms with Gasteiger partial charge in [0.1, 0.15) is 11.9 Å². The van der Waals surface area contributed by atoms with E-state index in [1.165, 1.54) is 11.8 Å². The first-order valence-corrected chi connectivity index (χ1v) is 19.1. The van der Waals surface area contributed by atoms with Crippen molar-refractivity contribution in [2.75, 3.05) is 79.1 Å². The molecule has 174 valence electrons. The normalized spacial score (nSPS) is 11.1. The van der Waals surface area contributed by atoms with Crippen LogP contribution in [0.15, 0.2) is 0 Å². The molecule has 0 aromatic rings. The number of hydrogen-bond donors (Lipinski definition) is 1. The van der Waals surface area contributed by atoms with Gasteiger partial charge in [-0.15, -0.1) is 94.1 Å². The summed E-state index contributed by atoms with van der Waals surface area (Å²) in [5.74, 6) is 2.79. The van der Waals surface area contributed by atoms with Crippen LogP contribution < -0.4 is 0 Å². The summed E-state index contributed by atoms with van der Waals surface area (Å²) in [6.45, 7) is 0.738. The van der Waals surface area contributed by atoms with Crippen LogP contribution in [0.2, 0.25) is 0 Å². The van der Waals surface area contributed by atoms with E-state index in [9.17, 15) is 4.79 Å². The van der Waals surface area contributed by atoms with Gasteiger partial charge in [-0.25, -0.2) is 9.78 Å². The van der Waals surface area contributed by atoms with Crippen molar-refractivity contribution < 1.29 is 24.4 Å². The van der Waals surface area contributed by atoms with Crippen molar-refractivity contribution in [2.45, 2.75) is 0 Å². The molecule has 0 aliphatic rings. The second kappa shape index (κ2) is 28.5. The highest BCUT2D eigenvalue weighted by atomic mass is 32.3. The molecule has 0 aromatic carbocycles. The van der Waals surface area contributed by atoms with Crippen molar-refractivity contribution in [3.05, 3.63) is 0 Å². The topological polar surface area (TPSA) is 65.0 Å². The molecule has 0 spiro atoms. The standard InChI is InChI=1S/C15H30O5S9/c1-21-9-26-13-29-12-25-7-18-15(17)6-24-11-28-14-27-10-23-5-3-19-20-8-22-4-2-16/h16H,2-14H2,1H3. The number of rotatable bonds is 24. The van der Waals surface area contributed by atoms with Crippen molar-refractivity contribution in [1.29, 1.82) is 0 Å². The average Bonchev–Trinajstić information content (AvgIpc) is 2.72. The molecule has 0 aromatic heterocycles. The second-order valence-electron chi connectivity index (χ2n) is 4.60. The van der Waals surface area contributed by atoms with Crippen molar-refractivity contribution in [3.63, 3.8) is 0 Å². The van der Waals surface area contributed by atoms with Gasteiger partial charge in [0, 0.05) is 42.0 Å². The van der Waals surface area contributed by atoms with Gasteiger partial charge in [0.05, 0.1) is 19.0 Å². The summed E-state index contributed by atoms with van der Waals surface area (Å²) in [6.07, 6.45) is 2.11. The first kappa shape index (κ1) is 31.5. The molecule has 0 rings (SSSR count). The summed E-state index contributed by atoms with van der Waals surface area (Å²) < 4.78 is 5.22. The molecule has 0 saturated heterocycles. The van der Waals surface area contributed by atoms with Gasteiger partial charge >= 0.3 is 5.97 Å². The van der Waals surface area contributed by atoms with Crippen molar-refractivity contribution >= 4 is 112 Å². The Kier molecular flexibility index (Phi) is 31.0. The highest BCUT2D eigenvalue weighted by Crippen LogP contribution is 2.22. The Balaban J connectivity index is 3.12. The van der Waals surface area contributed by atoms with E-state index >= 15 is 0 Å². The van der Waals surface area contributed by atoms with Crippen LogP contribution in [-0.2, 0) is 19.3 Å². The highest BCUT2D eigenvalue weighted by Gasteiger charge is 2.03. The van der Waals surface area contributed by atoms with E-state index in [-0.39, 0.29) is 12.6 Å². The first-order valence-electron chi connectivity index (χ1n) is 8.43. The van der Waals surface area contributed by atoms with Crippen LogP contribution in [0.4, 0.5) is 0 Å². The Morgan fingerprint density at radius 1 is 0.724 bits per heavy atom. The molecule has 0 bridgehead atoms. The number of aliphatic hydroxyl groups excluding tert-OH is 1. The molecular formula is C15H30O5S9. The third kappa shape index (κ3) is 28.5. The van der Waals surface area contributed by atoms with Gasteiger partial charge in [0.15, 0.2) is 0 Å². The summed E-state index contributed by atoms with van der Waals surface area (Å²) in [7, 11) is 0. The lowest BCUT2D eigenvalue weighted by molar-refractivity contribution is -0.274. The molecule has 0 atom stereocenters. The van der Waals surface area contributed by atoms with E-state index in [1.807, 2.05) is 70.6 Å². The molecule has 0 heterocycles. The monoisotopic (exact) mass is 578 g/mol. The van der Waals surface area contributed by atoms with E-state index < -0.39 is 0 Å². The minimum absolute atomic E-state index is 0.120. The van der Waals surface area contributed by atoms with Crippen LogP contribution in [0.3, 0.4) is 0 Å². The number of carbonyl (C=O) groups excluding carboxylic acids is 1. The maximum Gasteiger partial charge on any atom is 0.316 e. The molecule has 0 unspecified atom stereocenters. The van der Waals surface area contributed by atoms with Gasteiger partial charge in [-0.2, -0.15) is 11.8 Å². The Hall–Kier alpha value is 2.50. The van der Waals surface area contributed by atoms with Crippen LogP contribution >= 0.6 is 106 Å². The molecular weight excluding hydrogens is 549 g/mol. The van der Waals surface area contributed by atoms with E-state index in [2.05, 4.69) is 6.26 Å². The fourth-order valence-electron chi connectivity index (χ4n) is 1.22. The molecule has 0 amide bonds. The molecule has 29 heavy (non-hydrogen) atoms. The van der Waals surface area contributed by atoms with Gasteiger partial charge in [0.2, 0.25) is 0 Å². The number of aliphatic hydroxyl groups is 1. The van der Waals surface area contributed by atoms with Crippen LogP contribution in [0.5, 0.6) is 0 Å². The molecule has 0 aliphatic heterocycles. The summed E-state index contributed by atoms with van der Waals surface area (Å²) in [6, 6.07) is 0. The number of carbonyl (C=O) groups is 1. The zero-order chi connectivity index (χ0) is 21.3. The summed E-state index contributed by atoms with van der Waals surface area (Å²) in [5, 5.41) is 14.8. The van der Waals surface area contributed by atoms with Gasteiger partial charge in [-0.1, -0.05) is 0 Å². The van der Waals surface area contributed by atoms with Gasteiger partial charge < -0.3 is 9.84 Å². The highest BCUT2D eigenvalue weighted by molar-refractivity contribution is 8.26. The third-order valence-electron chi connectivity index (χ3n) is 2.32. The summed E-state index contributed by atoms with van der Waals surface area (Å²) in [4.78, 5) is 21.6. The lowest BCUT2D eigenvalue weighted by Gasteiger charge is -2.05. The fraction of sp³-hybridized carbons (Fsp3) is 0.933. The quantitative estimate of drug-likeness (QED) is 0.0525. The average molecular weight is 579 g/mol. The zero-order valence-corrected chi connectivity index (χ0v) is 23.8. The van der Waals surface area contributed by atoms with E-state index in [0.717, 1.165) is 36.3 Å². The molecule has 0 aliphatic carbocycles. The van der Waals surface area contributed by atoms with Crippen LogP contribution in [0.25, 0.3) is 0 Å². The van der Waals surface area contributed by atoms with Gasteiger partial charge in [0.25, 0.3) is 0 Å². The van der Waals surface area contributed by atoms with Gasteiger partial charge in [-0.3, -0.25) is 4.79 Å². The van der Waals surface area contributed by atoms with E-state index in [1.54, 1.807) is 23.5 Å². The summed E-state index contributed by atoms with van der Waals surface area (Å²) >= 11 is 15.9. The minimum Gasteiger partial charge on any atom is -0.454 e. The SMILES string of the molecule is CSCSCSCSCOC(=O)CSCSCSCSCCOOCSCCO. The molecule has 0 fully saturated rings. The fourth-order valence-corrected chi connectivity index (χ4v) is 9.90. The lowest BCUT2D eigenvalue weighted by Crippen LogP contribution is -2.07. The van der Waals surface area contributed by atoms with Crippen LogP contribution in [0.1, 0.15) is 0 Å². The minimum atomic E-state index is -0.120. The van der Waals surface area contributed by atoms with Crippen LogP contribution in [0, 0.1) is 0 Å². The zero-order valence-electron chi connectivity index (χ0n) is 16.4. The largest absolute Gasteiger partial charge is 0.454 e. The molecule has 1 N–H and O–H groups in total. The maximum atomic E-state index is 11.6. The summed E-state index contributed by atoms with van der Waals surface area (Å²) in [5.41, 5.74) is 0. The smallest absolute Gasteiger partial charge is 0.316 e. The van der Waals surface area contributed by atoms with E-state index in [0.29, 0.717) is 30.0 Å². The lowest BCUT2D eigenvalue weighted by atomic mass is 10.8. The molecule has 0 saturated carbocycles. The number of esters is 1. The molecule has 14 heteroatoms. The first-order chi connectivity index (χ1) is 14.3. The molecule has 5 nitrogen and oxygen atoms in total. The Morgan fingerprint density at radius 3 is 2.10 bits per heavy atom. The van der Waals surface area contributed by atoms with Crippen molar-refractivity contribution in [2.24, 2.45) is 0 Å². The second-order valence-corrected chi connectivity index (χ2v) is 15.7. The molecule has 0 radical (unpaired) electrons. The Labute approximate surface area is 213 Å². The maximum absolute atomic E-state index is 11.6.